The van der Waals surface area contributed by atoms with E-state index in [9.17, 15) is 0 Å². The largest absolute Gasteiger partial charge is 0.0806 e. The molecule has 0 heterocycles. The third-order valence-electron chi connectivity index (χ3n) is 6.04. The lowest BCUT2D eigenvalue weighted by Crippen LogP contribution is -2.35. The summed E-state index contributed by atoms with van der Waals surface area (Å²) in [5, 5.41) is 0. The van der Waals surface area contributed by atoms with Crippen LogP contribution in [0.1, 0.15) is 34.1 Å². The van der Waals surface area contributed by atoms with E-state index in [0.717, 1.165) is 23.7 Å². The molecule has 2 aliphatic carbocycles. The van der Waals surface area contributed by atoms with Crippen molar-refractivity contribution in [2.45, 2.75) is 58.3 Å². The Balaban J connectivity index is 2.10. The van der Waals surface area contributed by atoms with E-state index in [1.165, 1.54) is 24.6 Å². The highest BCUT2D eigenvalue weighted by Crippen LogP contribution is 2.48. The molecular formula is C17H30Si. The van der Waals surface area contributed by atoms with Crippen molar-refractivity contribution in [3.63, 3.8) is 0 Å². The molecule has 0 aromatic heterocycles. The number of allylic oxidation sites excluding steroid dienone is 4. The number of hydrogen-bond donors (Lipinski definition) is 0. The summed E-state index contributed by atoms with van der Waals surface area (Å²) in [5.41, 5.74) is 0. The first-order chi connectivity index (χ1) is 8.65. The Morgan fingerprint density at radius 1 is 0.944 bits per heavy atom. The summed E-state index contributed by atoms with van der Waals surface area (Å²) >= 11 is 0. The molecule has 1 fully saturated rings. The fourth-order valence-electron chi connectivity index (χ4n) is 4.43. The molecule has 0 saturated heterocycles. The van der Waals surface area contributed by atoms with Gasteiger partial charge in [0.2, 0.25) is 0 Å². The van der Waals surface area contributed by atoms with Gasteiger partial charge in [0.05, 0.1) is 8.07 Å². The van der Waals surface area contributed by atoms with Gasteiger partial charge in [0, 0.05) is 0 Å². The highest BCUT2D eigenvalue weighted by Gasteiger charge is 2.42. The van der Waals surface area contributed by atoms with Crippen LogP contribution in [0.15, 0.2) is 24.3 Å². The van der Waals surface area contributed by atoms with Gasteiger partial charge in [0.15, 0.2) is 0 Å². The molecule has 1 saturated carbocycles. The van der Waals surface area contributed by atoms with Gasteiger partial charge >= 0.3 is 0 Å². The molecule has 18 heavy (non-hydrogen) atoms. The zero-order chi connectivity index (χ0) is 13.2. The predicted molar refractivity (Wildman–Crippen MR) is 84.5 cm³/mol. The molecule has 0 spiro atoms. The molecule has 0 nitrogen and oxygen atoms in total. The van der Waals surface area contributed by atoms with Crippen molar-refractivity contribution in [3.8, 4) is 0 Å². The lowest BCUT2D eigenvalue weighted by atomic mass is 9.85. The highest BCUT2D eigenvalue weighted by atomic mass is 28.3. The maximum absolute atomic E-state index is 2.51. The maximum atomic E-state index is 2.51. The molecular weight excluding hydrogens is 232 g/mol. The first-order valence-corrected chi connectivity index (χ1v) is 10.8. The van der Waals surface area contributed by atoms with E-state index in [2.05, 4.69) is 52.0 Å². The van der Waals surface area contributed by atoms with Gasteiger partial charge in [-0.25, -0.2) is 0 Å². The van der Waals surface area contributed by atoms with Crippen LogP contribution in [0, 0.1) is 23.7 Å². The van der Waals surface area contributed by atoms with E-state index in [-0.39, 0.29) is 0 Å². The Morgan fingerprint density at radius 3 is 2.06 bits per heavy atom. The Labute approximate surface area is 115 Å². The molecule has 0 bridgehead atoms. The summed E-state index contributed by atoms with van der Waals surface area (Å²) in [4.78, 5) is 0. The Kier molecular flexibility index (Phi) is 4.53. The van der Waals surface area contributed by atoms with E-state index in [1.54, 1.807) is 6.04 Å². The first-order valence-electron chi connectivity index (χ1n) is 8.00. The van der Waals surface area contributed by atoms with Crippen LogP contribution in [-0.4, -0.2) is 8.07 Å². The lowest BCUT2D eigenvalue weighted by Gasteiger charge is -2.33. The van der Waals surface area contributed by atoms with Crippen molar-refractivity contribution in [3.05, 3.63) is 24.3 Å². The van der Waals surface area contributed by atoms with E-state index in [0.29, 0.717) is 0 Å². The monoisotopic (exact) mass is 262 g/mol. The molecule has 4 atom stereocenters. The van der Waals surface area contributed by atoms with Gasteiger partial charge in [0.25, 0.3) is 0 Å². The predicted octanol–water partition coefficient (Wildman–Crippen LogP) is 5.51. The smallest absolute Gasteiger partial charge is 0.0530 e. The van der Waals surface area contributed by atoms with Crippen molar-refractivity contribution in [2.75, 3.05) is 0 Å². The average Bonchev–Trinajstić information content (AvgIpc) is 2.73. The Hall–Kier alpha value is -0.303. The third-order valence-corrected chi connectivity index (χ3v) is 11.9. The lowest BCUT2D eigenvalue weighted by molar-refractivity contribution is 0.425. The molecule has 2 rings (SSSR count). The molecule has 0 aliphatic heterocycles. The summed E-state index contributed by atoms with van der Waals surface area (Å²) in [6.45, 7) is 9.82. The van der Waals surface area contributed by atoms with Crippen LogP contribution in [0.5, 0.6) is 0 Å². The van der Waals surface area contributed by atoms with E-state index in [4.69, 9.17) is 0 Å². The van der Waals surface area contributed by atoms with Gasteiger partial charge in [-0.3, -0.25) is 0 Å². The second kappa shape index (κ2) is 5.77. The minimum Gasteiger partial charge on any atom is -0.0806 e. The number of fused-ring (bicyclic) bond motifs is 1. The van der Waals surface area contributed by atoms with Crippen LogP contribution in [0.25, 0.3) is 0 Å². The van der Waals surface area contributed by atoms with Crippen molar-refractivity contribution >= 4 is 8.07 Å². The third kappa shape index (κ3) is 2.52. The zero-order valence-electron chi connectivity index (χ0n) is 12.7. The van der Waals surface area contributed by atoms with Crippen LogP contribution in [0.2, 0.25) is 24.2 Å². The van der Waals surface area contributed by atoms with Crippen molar-refractivity contribution < 1.29 is 0 Å². The van der Waals surface area contributed by atoms with Crippen LogP contribution in [0.4, 0.5) is 0 Å². The molecule has 1 heteroatoms. The summed E-state index contributed by atoms with van der Waals surface area (Å²) < 4.78 is 0. The second-order valence-electron chi connectivity index (χ2n) is 6.66. The SMILES string of the molecule is CC[Si](CC)(CC)CC1CC(C)C2C=CC=CC12. The second-order valence-corrected chi connectivity index (χ2v) is 12.2. The fraction of sp³-hybridized carbons (Fsp3) is 0.765. The molecule has 4 unspecified atom stereocenters. The number of rotatable bonds is 5. The topological polar surface area (TPSA) is 0 Å². The van der Waals surface area contributed by atoms with Crippen LogP contribution in [-0.2, 0) is 0 Å². The normalized spacial score (nSPS) is 34.9. The molecule has 0 radical (unpaired) electrons. The molecule has 0 aromatic carbocycles. The van der Waals surface area contributed by atoms with Crippen molar-refractivity contribution in [1.29, 1.82) is 0 Å². The standard InChI is InChI=1S/C17H30Si/c1-5-18(6-2,7-3)13-15-12-14(4)16-10-8-9-11-17(15)16/h8-11,14-17H,5-7,12-13H2,1-4H3. The van der Waals surface area contributed by atoms with Gasteiger partial charge in [0.1, 0.15) is 0 Å². The summed E-state index contributed by atoms with van der Waals surface area (Å²) in [5.74, 6) is 3.59. The molecule has 2 aliphatic rings. The highest BCUT2D eigenvalue weighted by molar-refractivity contribution is 6.79. The van der Waals surface area contributed by atoms with Gasteiger partial charge in [-0.15, -0.1) is 0 Å². The van der Waals surface area contributed by atoms with Crippen molar-refractivity contribution in [1.82, 2.24) is 0 Å². The van der Waals surface area contributed by atoms with E-state index in [1.807, 2.05) is 0 Å². The van der Waals surface area contributed by atoms with Gasteiger partial charge in [-0.2, -0.15) is 0 Å². The Morgan fingerprint density at radius 2 is 1.50 bits per heavy atom. The minimum atomic E-state index is -0.946. The van der Waals surface area contributed by atoms with Gasteiger partial charge in [-0.05, 0) is 30.1 Å². The molecule has 0 N–H and O–H groups in total. The average molecular weight is 263 g/mol. The van der Waals surface area contributed by atoms with Crippen molar-refractivity contribution in [2.24, 2.45) is 23.7 Å². The van der Waals surface area contributed by atoms with Gasteiger partial charge < -0.3 is 0 Å². The van der Waals surface area contributed by atoms with E-state index >= 15 is 0 Å². The molecule has 0 amide bonds. The fourth-order valence-corrected chi connectivity index (χ4v) is 8.35. The molecule has 0 aromatic rings. The summed E-state index contributed by atoms with van der Waals surface area (Å²) in [6.07, 6.45) is 11.0. The van der Waals surface area contributed by atoms with E-state index < -0.39 is 8.07 Å². The number of hydrogen-bond acceptors (Lipinski definition) is 0. The zero-order valence-corrected chi connectivity index (χ0v) is 13.7. The molecule has 102 valence electrons. The quantitative estimate of drug-likeness (QED) is 0.573. The van der Waals surface area contributed by atoms with Crippen LogP contribution >= 0.6 is 0 Å². The summed E-state index contributed by atoms with van der Waals surface area (Å²) in [7, 11) is -0.946. The van der Waals surface area contributed by atoms with Gasteiger partial charge in [-0.1, -0.05) is 76.2 Å². The minimum absolute atomic E-state index is 0.845. The maximum Gasteiger partial charge on any atom is 0.0530 e. The first kappa shape index (κ1) is 14.1. The van der Waals surface area contributed by atoms with Crippen LogP contribution in [0.3, 0.4) is 0 Å². The Bertz CT molecular complexity index is 316. The summed E-state index contributed by atoms with van der Waals surface area (Å²) in [6, 6.07) is 6.05. The van der Waals surface area contributed by atoms with Crippen LogP contribution < -0.4 is 0 Å².